The van der Waals surface area contributed by atoms with Crippen molar-refractivity contribution in [3.63, 3.8) is 0 Å². The number of hydrogen-bond donors (Lipinski definition) is 2. The van der Waals surface area contributed by atoms with E-state index in [1.54, 1.807) is 43.5 Å². The molecule has 6 nitrogen and oxygen atoms in total. The standard InChI is InChI=1S/C18H17BrN2O4/c1-24-16-5-3-2-4-13(16)6-11-17(22)20-21-18(23)12-25-15-9-7-14(19)8-10-15/h2-11H,12H2,1H3,(H,20,22)(H,21,23). The second-order valence-corrected chi connectivity index (χ2v) is 5.77. The summed E-state index contributed by atoms with van der Waals surface area (Å²) in [6.07, 6.45) is 2.90. The number of amides is 2. The molecular formula is C18H17BrN2O4. The maximum Gasteiger partial charge on any atom is 0.276 e. The van der Waals surface area contributed by atoms with Crippen LogP contribution >= 0.6 is 15.9 Å². The maximum atomic E-state index is 11.7. The van der Waals surface area contributed by atoms with Crippen molar-refractivity contribution in [2.75, 3.05) is 13.7 Å². The van der Waals surface area contributed by atoms with Crippen molar-refractivity contribution in [2.45, 2.75) is 0 Å². The Bertz CT molecular complexity index is 760. The monoisotopic (exact) mass is 404 g/mol. The molecular weight excluding hydrogens is 388 g/mol. The van der Waals surface area contributed by atoms with E-state index < -0.39 is 11.8 Å². The number of benzene rings is 2. The molecule has 2 aromatic rings. The Morgan fingerprint density at radius 1 is 1.08 bits per heavy atom. The molecule has 0 saturated heterocycles. The van der Waals surface area contributed by atoms with Crippen LogP contribution in [0.25, 0.3) is 6.08 Å². The average Bonchev–Trinajstić information content (AvgIpc) is 2.64. The predicted octanol–water partition coefficient (Wildman–Crippen LogP) is 2.70. The molecule has 2 rings (SSSR count). The van der Waals surface area contributed by atoms with Crippen LogP contribution < -0.4 is 20.3 Å². The largest absolute Gasteiger partial charge is 0.496 e. The molecule has 2 aromatic carbocycles. The third-order valence-electron chi connectivity index (χ3n) is 3.06. The molecule has 2 amide bonds. The number of ether oxygens (including phenoxy) is 2. The van der Waals surface area contributed by atoms with Crippen molar-refractivity contribution in [1.29, 1.82) is 0 Å². The highest BCUT2D eigenvalue weighted by Crippen LogP contribution is 2.18. The number of carbonyl (C=O) groups is 2. The van der Waals surface area contributed by atoms with E-state index in [0.29, 0.717) is 11.5 Å². The fourth-order valence-corrected chi connectivity index (χ4v) is 2.12. The third-order valence-corrected chi connectivity index (χ3v) is 3.59. The van der Waals surface area contributed by atoms with Gasteiger partial charge >= 0.3 is 0 Å². The number of hydrazine groups is 1. The summed E-state index contributed by atoms with van der Waals surface area (Å²) in [4.78, 5) is 23.4. The molecule has 0 saturated carbocycles. The molecule has 2 N–H and O–H groups in total. The van der Waals surface area contributed by atoms with E-state index in [1.807, 2.05) is 18.2 Å². The number of methoxy groups -OCH3 is 1. The van der Waals surface area contributed by atoms with Gasteiger partial charge in [0.25, 0.3) is 11.8 Å². The number of rotatable bonds is 6. The Morgan fingerprint density at radius 3 is 2.52 bits per heavy atom. The minimum atomic E-state index is -0.470. The molecule has 0 aliphatic heterocycles. The second-order valence-electron chi connectivity index (χ2n) is 4.86. The molecule has 0 unspecified atom stereocenters. The van der Waals surface area contributed by atoms with Gasteiger partial charge in [0, 0.05) is 16.1 Å². The zero-order valence-corrected chi connectivity index (χ0v) is 15.1. The van der Waals surface area contributed by atoms with Crippen molar-refractivity contribution in [2.24, 2.45) is 0 Å². The number of hydrogen-bond acceptors (Lipinski definition) is 4. The van der Waals surface area contributed by atoms with Gasteiger partial charge in [-0.2, -0.15) is 0 Å². The van der Waals surface area contributed by atoms with E-state index in [9.17, 15) is 9.59 Å². The number of nitrogens with one attached hydrogen (secondary N) is 2. The SMILES string of the molecule is COc1ccccc1C=CC(=O)NNC(=O)COc1ccc(Br)cc1. The summed E-state index contributed by atoms with van der Waals surface area (Å²) in [6.45, 7) is -0.210. The first kappa shape index (κ1) is 18.5. The first-order valence-electron chi connectivity index (χ1n) is 7.37. The number of carbonyl (C=O) groups excluding carboxylic acids is 2. The molecule has 0 atom stereocenters. The molecule has 0 heterocycles. The number of halogens is 1. The topological polar surface area (TPSA) is 76.7 Å². The van der Waals surface area contributed by atoms with Gasteiger partial charge in [-0.1, -0.05) is 34.1 Å². The van der Waals surface area contributed by atoms with Gasteiger partial charge in [-0.25, -0.2) is 0 Å². The quantitative estimate of drug-likeness (QED) is 0.573. The molecule has 0 aliphatic carbocycles. The zero-order valence-electron chi connectivity index (χ0n) is 13.5. The highest BCUT2D eigenvalue weighted by atomic mass is 79.9. The van der Waals surface area contributed by atoms with Gasteiger partial charge in [0.2, 0.25) is 0 Å². The van der Waals surface area contributed by atoms with Gasteiger partial charge in [-0.05, 0) is 36.4 Å². The van der Waals surface area contributed by atoms with Gasteiger partial charge < -0.3 is 9.47 Å². The highest BCUT2D eigenvalue weighted by Gasteiger charge is 2.04. The van der Waals surface area contributed by atoms with Crippen LogP contribution in [0.4, 0.5) is 0 Å². The fourth-order valence-electron chi connectivity index (χ4n) is 1.86. The maximum absolute atomic E-state index is 11.7. The van der Waals surface area contributed by atoms with Crippen LogP contribution in [-0.4, -0.2) is 25.5 Å². The van der Waals surface area contributed by atoms with Crippen LogP contribution in [0.15, 0.2) is 59.1 Å². The molecule has 130 valence electrons. The minimum absolute atomic E-state index is 0.210. The van der Waals surface area contributed by atoms with Gasteiger partial charge in [-0.15, -0.1) is 0 Å². The lowest BCUT2D eigenvalue weighted by atomic mass is 10.2. The van der Waals surface area contributed by atoms with Crippen LogP contribution in [0.3, 0.4) is 0 Å². The zero-order chi connectivity index (χ0) is 18.1. The van der Waals surface area contributed by atoms with Crippen molar-refractivity contribution in [3.05, 3.63) is 64.6 Å². The summed E-state index contributed by atoms with van der Waals surface area (Å²) < 4.78 is 11.4. The Labute approximate surface area is 153 Å². The normalized spacial score (nSPS) is 10.3. The van der Waals surface area contributed by atoms with Crippen LogP contribution in [0.5, 0.6) is 11.5 Å². The lowest BCUT2D eigenvalue weighted by Gasteiger charge is -2.08. The Morgan fingerprint density at radius 2 is 1.80 bits per heavy atom. The summed E-state index contributed by atoms with van der Waals surface area (Å²) in [6, 6.07) is 14.3. The molecule has 0 aliphatic rings. The highest BCUT2D eigenvalue weighted by molar-refractivity contribution is 9.10. The predicted molar refractivity (Wildman–Crippen MR) is 98.0 cm³/mol. The molecule has 0 radical (unpaired) electrons. The van der Waals surface area contributed by atoms with E-state index in [4.69, 9.17) is 9.47 Å². The summed E-state index contributed by atoms with van der Waals surface area (Å²) in [5.41, 5.74) is 5.31. The molecule has 25 heavy (non-hydrogen) atoms. The molecule has 0 spiro atoms. The minimum Gasteiger partial charge on any atom is -0.496 e. The number of para-hydroxylation sites is 1. The molecule has 0 aromatic heterocycles. The van der Waals surface area contributed by atoms with Crippen LogP contribution in [-0.2, 0) is 9.59 Å². The Hall–Kier alpha value is -2.80. The molecule has 0 fully saturated rings. The fraction of sp³-hybridized carbons (Fsp3) is 0.111. The van der Waals surface area contributed by atoms with Crippen molar-refractivity contribution in [1.82, 2.24) is 10.9 Å². The Kier molecular flexibility index (Phi) is 7.03. The van der Waals surface area contributed by atoms with Crippen LogP contribution in [0.2, 0.25) is 0 Å². The third kappa shape index (κ3) is 6.31. The smallest absolute Gasteiger partial charge is 0.276 e. The average molecular weight is 405 g/mol. The lowest BCUT2D eigenvalue weighted by molar-refractivity contribution is -0.128. The van der Waals surface area contributed by atoms with Crippen molar-refractivity contribution >= 4 is 33.8 Å². The van der Waals surface area contributed by atoms with Gasteiger partial charge in [0.05, 0.1) is 7.11 Å². The first-order chi connectivity index (χ1) is 12.1. The lowest BCUT2D eigenvalue weighted by Crippen LogP contribution is -2.43. The van der Waals surface area contributed by atoms with Crippen molar-refractivity contribution in [3.8, 4) is 11.5 Å². The van der Waals surface area contributed by atoms with E-state index >= 15 is 0 Å². The van der Waals surface area contributed by atoms with Gasteiger partial charge in [0.15, 0.2) is 6.61 Å². The molecule has 7 heteroatoms. The van der Waals surface area contributed by atoms with E-state index in [0.717, 1.165) is 10.0 Å². The van der Waals surface area contributed by atoms with Crippen LogP contribution in [0, 0.1) is 0 Å². The summed E-state index contributed by atoms with van der Waals surface area (Å²) >= 11 is 3.31. The first-order valence-corrected chi connectivity index (χ1v) is 8.16. The summed E-state index contributed by atoms with van der Waals surface area (Å²) in [5.74, 6) is 0.268. The van der Waals surface area contributed by atoms with Crippen LogP contribution in [0.1, 0.15) is 5.56 Å². The van der Waals surface area contributed by atoms with E-state index in [2.05, 4.69) is 26.8 Å². The van der Waals surface area contributed by atoms with Crippen molar-refractivity contribution < 1.29 is 19.1 Å². The van der Waals surface area contributed by atoms with E-state index in [-0.39, 0.29) is 6.61 Å². The molecule has 0 bridgehead atoms. The summed E-state index contributed by atoms with van der Waals surface area (Å²) in [5, 5.41) is 0. The second kappa shape index (κ2) is 9.48. The van der Waals surface area contributed by atoms with Gasteiger partial charge in [0.1, 0.15) is 11.5 Å². The van der Waals surface area contributed by atoms with Gasteiger partial charge in [-0.3, -0.25) is 20.4 Å². The Balaban J connectivity index is 1.76. The van der Waals surface area contributed by atoms with E-state index in [1.165, 1.54) is 6.08 Å². The summed E-state index contributed by atoms with van der Waals surface area (Å²) in [7, 11) is 1.55.